The third kappa shape index (κ3) is 8.99. The van der Waals surface area contributed by atoms with Crippen LogP contribution in [0.1, 0.15) is 0 Å². The number of alkyl halides is 46. The summed E-state index contributed by atoms with van der Waals surface area (Å²) in [4.78, 5) is 0. The summed E-state index contributed by atoms with van der Waals surface area (Å²) in [6, 6.07) is 0. The zero-order valence-corrected chi connectivity index (χ0v) is 36.1. The van der Waals surface area contributed by atoms with Crippen molar-refractivity contribution in [3.8, 4) is 0 Å². The first-order chi connectivity index (χ1) is 29.7. The number of rotatable bonds is 22. The van der Waals surface area contributed by atoms with Gasteiger partial charge in [0.1, 0.15) is 13.2 Å². The molecule has 48 heteroatoms. The molecular weight excluding hydrogens is 1260 g/mol. The van der Waals surface area contributed by atoms with E-state index in [-0.39, 0.29) is 58.2 Å². The number of hydrogen-bond acceptors (Lipinski definition) is 1. The first-order valence-electron chi connectivity index (χ1n) is 15.0. The second kappa shape index (κ2) is 18.3. The van der Waals surface area contributed by atoms with Crippen LogP contribution < -0.4 is 0 Å². The monoisotopic (exact) mass is 1270 g/mol. The van der Waals surface area contributed by atoms with E-state index in [0.29, 0.717) is 0 Å². The van der Waals surface area contributed by atoms with E-state index in [0.717, 1.165) is 0 Å². The fraction of sp³-hybridized carbons (Fsp3) is 1.00. The molecule has 0 rings (SSSR count). The topological polar surface area (TPSA) is 9.23 Å². The summed E-state index contributed by atoms with van der Waals surface area (Å²) in [6.07, 6.45) is -16.9. The molecule has 0 atom stereocenters. The Bertz CT molecular complexity index is 1760. The fourth-order valence-electron chi connectivity index (χ4n) is 4.06. The van der Waals surface area contributed by atoms with Crippen molar-refractivity contribution in [1.29, 1.82) is 0 Å². The van der Waals surface area contributed by atoms with Crippen molar-refractivity contribution >= 4 is 58.2 Å². The molecule has 0 unspecified atom stereocenters. The average molecular weight is 1270 g/mol. The molecule has 0 bridgehead atoms. The van der Waals surface area contributed by atoms with E-state index in [4.69, 9.17) is 0 Å². The Morgan fingerprint density at radius 1 is 0.153 bits per heavy atom. The molecule has 1 nitrogen and oxygen atoms in total. The van der Waals surface area contributed by atoms with Crippen LogP contribution in [0.3, 0.4) is 0 Å². The summed E-state index contributed by atoms with van der Waals surface area (Å²) in [7, 11) is 0. The van der Waals surface area contributed by atoms with Crippen molar-refractivity contribution < 1.29 is 207 Å². The van der Waals surface area contributed by atoms with Crippen LogP contribution in [-0.4, -0.2) is 202 Å². The van der Waals surface area contributed by atoms with Crippen LogP contribution in [0.4, 0.5) is 202 Å². The Kier molecular flexibility index (Phi) is 18.5. The second-order valence-electron chi connectivity index (χ2n) is 13.2. The third-order valence-corrected chi connectivity index (χ3v) is 8.51. The Morgan fingerprint density at radius 2 is 0.250 bits per heavy atom. The minimum atomic E-state index is -10.1. The van der Waals surface area contributed by atoms with Gasteiger partial charge in [-0.3, -0.25) is 0 Å². The maximum atomic E-state index is 13.9. The molecule has 0 amide bonds. The summed E-state index contributed by atoms with van der Waals surface area (Å²) < 4.78 is 620. The maximum Gasteiger partial charge on any atom is 0.460 e. The standard InChI is InChI=1S/C24H4F46O.Rb/c25-3(26,5(29,30)7(33,34)9(37,38)11(41,42)13(45,46)15(49,50)17(53,54)19(57,58)21(61,62)23(65,66)67)1-71-2-4(27,28)6(31,32)8(35,36)10(39,40)12(43,44)14(47,48)16(51,52)18(55,56)20(59,60)22(63,64)24(68,69)70;/h1-2H2;. The van der Waals surface area contributed by atoms with Gasteiger partial charge in [-0.2, -0.15) is 202 Å². The van der Waals surface area contributed by atoms with E-state index in [1.807, 2.05) is 4.74 Å². The fourth-order valence-corrected chi connectivity index (χ4v) is 4.06. The summed E-state index contributed by atoms with van der Waals surface area (Å²) >= 11 is 0. The first-order valence-corrected chi connectivity index (χ1v) is 15.0. The van der Waals surface area contributed by atoms with Gasteiger partial charge in [-0.15, -0.1) is 0 Å². The van der Waals surface area contributed by atoms with Crippen LogP contribution in [-0.2, 0) is 4.74 Å². The normalized spacial score (nSPS) is 17.1. The molecule has 0 aromatic carbocycles. The Morgan fingerprint density at radius 3 is 0.361 bits per heavy atom. The van der Waals surface area contributed by atoms with E-state index in [9.17, 15) is 202 Å². The molecule has 1 radical (unpaired) electrons. The number of ether oxygens (including phenoxy) is 1. The van der Waals surface area contributed by atoms with E-state index < -0.39 is 144 Å². The van der Waals surface area contributed by atoms with Crippen molar-refractivity contribution in [2.75, 3.05) is 13.2 Å². The van der Waals surface area contributed by atoms with Crippen LogP contribution >= 0.6 is 0 Å². The quantitative estimate of drug-likeness (QED) is 0.0982. The van der Waals surface area contributed by atoms with E-state index in [2.05, 4.69) is 0 Å². The van der Waals surface area contributed by atoms with Crippen LogP contribution in [0, 0.1) is 0 Å². The molecule has 72 heavy (non-hydrogen) atoms. The zero-order chi connectivity index (χ0) is 59.1. The molecule has 0 aromatic heterocycles. The van der Waals surface area contributed by atoms with Crippen molar-refractivity contribution in [2.45, 2.75) is 131 Å². The summed E-state index contributed by atoms with van der Waals surface area (Å²) in [6.45, 7) is -10.2. The maximum absolute atomic E-state index is 13.9. The van der Waals surface area contributed by atoms with Gasteiger partial charge in [0.2, 0.25) is 0 Å². The van der Waals surface area contributed by atoms with Gasteiger partial charge in [0.25, 0.3) is 0 Å². The predicted molar refractivity (Wildman–Crippen MR) is 128 cm³/mol. The Labute approximate surface area is 407 Å². The van der Waals surface area contributed by atoms with Crippen molar-refractivity contribution in [3.05, 3.63) is 0 Å². The van der Waals surface area contributed by atoms with Gasteiger partial charge in [-0.25, -0.2) is 0 Å². The zero-order valence-electron chi connectivity index (χ0n) is 31.2. The van der Waals surface area contributed by atoms with Crippen LogP contribution in [0.2, 0.25) is 0 Å². The molecule has 429 valence electrons. The van der Waals surface area contributed by atoms with Crippen molar-refractivity contribution in [1.82, 2.24) is 0 Å². The van der Waals surface area contributed by atoms with Crippen molar-refractivity contribution in [3.63, 3.8) is 0 Å². The van der Waals surface area contributed by atoms with Gasteiger partial charge in [0.05, 0.1) is 0 Å². The summed E-state index contributed by atoms with van der Waals surface area (Å²) in [5.41, 5.74) is 0. The largest absolute Gasteiger partial charge is 0.460 e. The molecule has 0 aliphatic carbocycles. The molecule has 0 heterocycles. The summed E-state index contributed by atoms with van der Waals surface area (Å²) in [5, 5.41) is 0. The molecule has 0 saturated heterocycles. The van der Waals surface area contributed by atoms with Gasteiger partial charge in [0.15, 0.2) is 0 Å². The molecular formula is C24H4F46ORb. The number of halogens is 46. The third-order valence-electron chi connectivity index (χ3n) is 8.51. The smallest absolute Gasteiger partial charge is 0.368 e. The van der Waals surface area contributed by atoms with Gasteiger partial charge in [0, 0.05) is 58.2 Å². The average Bonchev–Trinajstić information content (AvgIpc) is 3.12. The predicted octanol–water partition coefficient (Wildman–Crippen LogP) is 14.5. The van der Waals surface area contributed by atoms with Gasteiger partial charge >= 0.3 is 131 Å². The second-order valence-corrected chi connectivity index (χ2v) is 13.2. The van der Waals surface area contributed by atoms with Crippen LogP contribution in [0.25, 0.3) is 0 Å². The SMILES string of the molecule is FC(F)(F)C(F)(F)C(F)(F)C(F)(F)C(F)(F)C(F)(F)C(F)(F)C(F)(F)C(F)(F)C(F)(F)C(F)(F)COCC(F)(F)C(F)(F)C(F)(F)C(F)(F)C(F)(F)C(F)(F)C(F)(F)C(F)(F)C(F)(F)C(F)(F)C(F)(F)F.[Rb]. The molecule has 0 spiro atoms. The molecule has 0 aliphatic rings. The Hall–Kier alpha value is -1.45. The van der Waals surface area contributed by atoms with Crippen molar-refractivity contribution in [2.24, 2.45) is 0 Å². The van der Waals surface area contributed by atoms with E-state index >= 15 is 0 Å². The minimum absolute atomic E-state index is 0. The minimum Gasteiger partial charge on any atom is -0.368 e. The van der Waals surface area contributed by atoms with Gasteiger partial charge in [-0.1, -0.05) is 0 Å². The van der Waals surface area contributed by atoms with Crippen LogP contribution in [0.15, 0.2) is 0 Å². The van der Waals surface area contributed by atoms with Gasteiger partial charge in [-0.05, 0) is 0 Å². The van der Waals surface area contributed by atoms with Crippen LogP contribution in [0.5, 0.6) is 0 Å². The molecule has 0 N–H and O–H groups in total. The first kappa shape index (κ1) is 72.6. The molecule has 0 fully saturated rings. The molecule has 0 saturated carbocycles. The number of hydrogen-bond donors (Lipinski definition) is 0. The van der Waals surface area contributed by atoms with Gasteiger partial charge < -0.3 is 4.74 Å². The van der Waals surface area contributed by atoms with E-state index in [1.165, 1.54) is 0 Å². The molecule has 0 aliphatic heterocycles. The molecule has 0 aromatic rings. The van der Waals surface area contributed by atoms with E-state index in [1.54, 1.807) is 0 Å². The Balaban J connectivity index is 0. The summed E-state index contributed by atoms with van der Waals surface area (Å²) in [5.74, 6) is -191.